The summed E-state index contributed by atoms with van der Waals surface area (Å²) in [5, 5.41) is 0. The van der Waals surface area contributed by atoms with E-state index in [1.807, 2.05) is 31.2 Å². The monoisotopic (exact) mass is 282 g/mol. The zero-order chi connectivity index (χ0) is 14.0. The van der Waals surface area contributed by atoms with Gasteiger partial charge in [-0.2, -0.15) is 0 Å². The Kier molecular flexibility index (Phi) is 4.28. The summed E-state index contributed by atoms with van der Waals surface area (Å²) in [6.45, 7) is 2.42. The van der Waals surface area contributed by atoms with Crippen LogP contribution in [-0.4, -0.2) is 25.8 Å². The summed E-state index contributed by atoms with van der Waals surface area (Å²) in [6.07, 6.45) is 2.29. The lowest BCUT2D eigenvalue weighted by Gasteiger charge is -2.24. The molecule has 1 fully saturated rings. The van der Waals surface area contributed by atoms with Gasteiger partial charge in [0, 0.05) is 19.6 Å². The number of nitrogens with zero attached hydrogens (tertiary/aromatic N) is 1. The van der Waals surface area contributed by atoms with Crippen LogP contribution >= 0.6 is 0 Å². The van der Waals surface area contributed by atoms with Crippen molar-refractivity contribution in [2.75, 3.05) is 7.05 Å². The second kappa shape index (κ2) is 5.61. The van der Waals surface area contributed by atoms with E-state index < -0.39 is 10.0 Å². The van der Waals surface area contributed by atoms with Crippen LogP contribution in [0.5, 0.6) is 0 Å². The van der Waals surface area contributed by atoms with E-state index in [4.69, 9.17) is 5.73 Å². The Balaban J connectivity index is 2.11. The summed E-state index contributed by atoms with van der Waals surface area (Å²) in [6, 6.07) is 7.58. The highest BCUT2D eigenvalue weighted by Crippen LogP contribution is 2.35. The van der Waals surface area contributed by atoms with Crippen molar-refractivity contribution in [3.63, 3.8) is 0 Å². The molecule has 4 nitrogen and oxygen atoms in total. The van der Waals surface area contributed by atoms with E-state index in [0.717, 1.165) is 24.0 Å². The summed E-state index contributed by atoms with van der Waals surface area (Å²) in [5.41, 5.74) is 7.35. The van der Waals surface area contributed by atoms with Crippen LogP contribution in [0.15, 0.2) is 24.3 Å². The molecule has 0 bridgehead atoms. The normalized spacial score (nSPS) is 17.7. The molecule has 0 heterocycles. The maximum absolute atomic E-state index is 12.4. The van der Waals surface area contributed by atoms with Gasteiger partial charge in [0.2, 0.25) is 10.0 Å². The fraction of sp³-hybridized carbons (Fsp3) is 0.571. The van der Waals surface area contributed by atoms with Crippen molar-refractivity contribution < 1.29 is 8.42 Å². The molecule has 0 spiro atoms. The van der Waals surface area contributed by atoms with Gasteiger partial charge in [-0.1, -0.05) is 24.3 Å². The van der Waals surface area contributed by atoms with Crippen LogP contribution in [0.3, 0.4) is 0 Å². The van der Waals surface area contributed by atoms with Crippen LogP contribution in [0, 0.1) is 5.92 Å². The minimum absolute atomic E-state index is 0.0500. The SMILES string of the molecule is CC(C1CC1)N(C)S(=O)(=O)Cc1cccc(CN)c1. The van der Waals surface area contributed by atoms with E-state index in [9.17, 15) is 8.42 Å². The van der Waals surface area contributed by atoms with Crippen LogP contribution in [0.25, 0.3) is 0 Å². The van der Waals surface area contributed by atoms with E-state index in [-0.39, 0.29) is 11.8 Å². The lowest BCUT2D eigenvalue weighted by molar-refractivity contribution is 0.356. The Morgan fingerprint density at radius 3 is 2.58 bits per heavy atom. The first-order chi connectivity index (χ1) is 8.94. The third-order valence-electron chi connectivity index (χ3n) is 3.89. The fourth-order valence-electron chi connectivity index (χ4n) is 2.29. The van der Waals surface area contributed by atoms with Crippen molar-refractivity contribution in [1.29, 1.82) is 0 Å². The summed E-state index contributed by atoms with van der Waals surface area (Å²) in [4.78, 5) is 0. The van der Waals surface area contributed by atoms with Gasteiger partial charge in [0.25, 0.3) is 0 Å². The molecule has 1 aromatic rings. The van der Waals surface area contributed by atoms with Crippen LogP contribution in [-0.2, 0) is 22.3 Å². The Labute approximate surface area is 115 Å². The standard InChI is InChI=1S/C14H22N2O2S/c1-11(14-6-7-14)16(2)19(17,18)10-13-5-3-4-12(8-13)9-15/h3-5,8,11,14H,6-7,9-10,15H2,1-2H3. The molecular weight excluding hydrogens is 260 g/mol. The number of benzene rings is 1. The van der Waals surface area contributed by atoms with Crippen molar-refractivity contribution in [2.45, 2.75) is 38.1 Å². The first-order valence-corrected chi connectivity index (χ1v) is 8.28. The van der Waals surface area contributed by atoms with Crippen molar-refractivity contribution in [3.05, 3.63) is 35.4 Å². The molecule has 106 valence electrons. The minimum atomic E-state index is -3.25. The van der Waals surface area contributed by atoms with Crippen molar-refractivity contribution in [2.24, 2.45) is 11.7 Å². The molecule has 19 heavy (non-hydrogen) atoms. The highest BCUT2D eigenvalue weighted by molar-refractivity contribution is 7.88. The topological polar surface area (TPSA) is 63.4 Å². The summed E-state index contributed by atoms with van der Waals surface area (Å²) >= 11 is 0. The van der Waals surface area contributed by atoms with E-state index in [1.54, 1.807) is 7.05 Å². The maximum Gasteiger partial charge on any atom is 0.218 e. The van der Waals surface area contributed by atoms with Crippen LogP contribution in [0.1, 0.15) is 30.9 Å². The van der Waals surface area contributed by atoms with Crippen molar-refractivity contribution in [1.82, 2.24) is 4.31 Å². The maximum atomic E-state index is 12.4. The van der Waals surface area contributed by atoms with Gasteiger partial charge >= 0.3 is 0 Å². The first-order valence-electron chi connectivity index (χ1n) is 6.67. The second-order valence-corrected chi connectivity index (χ2v) is 7.40. The van der Waals surface area contributed by atoms with Gasteiger partial charge in [-0.05, 0) is 36.8 Å². The van der Waals surface area contributed by atoms with Gasteiger partial charge in [-0.3, -0.25) is 0 Å². The van der Waals surface area contributed by atoms with Crippen LogP contribution < -0.4 is 5.73 Å². The molecular formula is C14H22N2O2S. The molecule has 5 heteroatoms. The van der Waals surface area contributed by atoms with E-state index in [1.165, 1.54) is 4.31 Å². The molecule has 1 saturated carbocycles. The Morgan fingerprint density at radius 2 is 2.00 bits per heavy atom. The highest BCUT2D eigenvalue weighted by atomic mass is 32.2. The molecule has 0 saturated heterocycles. The minimum Gasteiger partial charge on any atom is -0.326 e. The van der Waals surface area contributed by atoms with Crippen LogP contribution in [0.4, 0.5) is 0 Å². The van der Waals surface area contributed by atoms with E-state index >= 15 is 0 Å². The first kappa shape index (κ1) is 14.5. The van der Waals surface area contributed by atoms with Gasteiger partial charge in [0.15, 0.2) is 0 Å². The molecule has 0 radical (unpaired) electrons. The fourth-order valence-corrected chi connectivity index (χ4v) is 3.77. The van der Waals surface area contributed by atoms with Gasteiger partial charge in [0.05, 0.1) is 5.75 Å². The smallest absolute Gasteiger partial charge is 0.218 e. The third-order valence-corrected chi connectivity index (χ3v) is 5.80. The quantitative estimate of drug-likeness (QED) is 0.864. The average Bonchev–Trinajstić information content (AvgIpc) is 3.21. The molecule has 1 aromatic carbocycles. The predicted molar refractivity (Wildman–Crippen MR) is 76.9 cm³/mol. The van der Waals surface area contributed by atoms with Crippen molar-refractivity contribution in [3.8, 4) is 0 Å². The molecule has 1 atom stereocenters. The van der Waals surface area contributed by atoms with Gasteiger partial charge < -0.3 is 5.73 Å². The number of rotatable bonds is 6. The second-order valence-electron chi connectivity index (χ2n) is 5.37. The molecule has 0 aliphatic heterocycles. The molecule has 0 amide bonds. The number of hydrogen-bond acceptors (Lipinski definition) is 3. The highest BCUT2D eigenvalue weighted by Gasteiger charge is 2.35. The predicted octanol–water partition coefficient (Wildman–Crippen LogP) is 1.71. The largest absolute Gasteiger partial charge is 0.326 e. The molecule has 1 aliphatic rings. The molecule has 2 rings (SSSR count). The van der Waals surface area contributed by atoms with Gasteiger partial charge in [-0.15, -0.1) is 0 Å². The Hall–Kier alpha value is -0.910. The number of sulfonamides is 1. The Bertz CT molecular complexity index is 538. The summed E-state index contributed by atoms with van der Waals surface area (Å²) < 4.78 is 26.3. The zero-order valence-electron chi connectivity index (χ0n) is 11.5. The van der Waals surface area contributed by atoms with E-state index in [0.29, 0.717) is 12.5 Å². The lowest BCUT2D eigenvalue weighted by atomic mass is 10.1. The van der Waals surface area contributed by atoms with Gasteiger partial charge in [0.1, 0.15) is 0 Å². The van der Waals surface area contributed by atoms with Gasteiger partial charge in [-0.25, -0.2) is 12.7 Å². The zero-order valence-corrected chi connectivity index (χ0v) is 12.4. The average molecular weight is 282 g/mol. The Morgan fingerprint density at radius 1 is 1.37 bits per heavy atom. The van der Waals surface area contributed by atoms with Crippen molar-refractivity contribution >= 4 is 10.0 Å². The molecule has 1 unspecified atom stereocenters. The summed E-state index contributed by atoms with van der Waals surface area (Å²) in [7, 11) is -1.56. The third kappa shape index (κ3) is 3.55. The molecule has 1 aliphatic carbocycles. The van der Waals surface area contributed by atoms with E-state index in [2.05, 4.69) is 0 Å². The molecule has 2 N–H and O–H groups in total. The lowest BCUT2D eigenvalue weighted by Crippen LogP contribution is -2.37. The number of nitrogens with two attached hydrogens (primary N) is 1. The number of hydrogen-bond donors (Lipinski definition) is 1. The molecule has 0 aromatic heterocycles. The van der Waals surface area contributed by atoms with Crippen LogP contribution in [0.2, 0.25) is 0 Å². The summed E-state index contributed by atoms with van der Waals surface area (Å²) in [5.74, 6) is 0.587.